The zero-order valence-electron chi connectivity index (χ0n) is 9.28. The lowest BCUT2D eigenvalue weighted by molar-refractivity contribution is -0.147. The van der Waals surface area contributed by atoms with Crippen LogP contribution in [-0.2, 0) is 19.0 Å². The highest BCUT2D eigenvalue weighted by atomic mass is 16.7. The van der Waals surface area contributed by atoms with Crippen molar-refractivity contribution in [3.8, 4) is 0 Å². The van der Waals surface area contributed by atoms with Gasteiger partial charge in [-0.25, -0.2) is 9.59 Å². The summed E-state index contributed by atoms with van der Waals surface area (Å²) in [5.74, 6) is -0.567. The molecule has 0 aliphatic heterocycles. The van der Waals surface area contributed by atoms with Gasteiger partial charge in [-0.1, -0.05) is 19.8 Å². The molecule has 5 heteroatoms. The van der Waals surface area contributed by atoms with E-state index in [1.807, 2.05) is 0 Å². The van der Waals surface area contributed by atoms with Crippen LogP contribution in [0.1, 0.15) is 33.1 Å². The Hall–Kier alpha value is -1.26. The Balaban J connectivity index is 3.36. The second kappa shape index (κ2) is 9.30. The quantitative estimate of drug-likeness (QED) is 0.482. The van der Waals surface area contributed by atoms with E-state index in [1.54, 1.807) is 6.92 Å². The predicted molar refractivity (Wildman–Crippen MR) is 53.5 cm³/mol. The predicted octanol–water partition coefficient (Wildman–Crippen LogP) is 1.89. The summed E-state index contributed by atoms with van der Waals surface area (Å²) in [7, 11) is 0. The van der Waals surface area contributed by atoms with Gasteiger partial charge in [-0.2, -0.15) is 0 Å². The average molecular weight is 218 g/mol. The van der Waals surface area contributed by atoms with E-state index in [-0.39, 0.29) is 13.2 Å². The highest BCUT2D eigenvalue weighted by Gasteiger charge is 2.08. The first-order valence-corrected chi connectivity index (χ1v) is 5.15. The van der Waals surface area contributed by atoms with E-state index in [0.717, 1.165) is 19.3 Å². The van der Waals surface area contributed by atoms with Gasteiger partial charge in [-0.3, -0.25) is 0 Å². The Kier molecular flexibility index (Phi) is 8.52. The van der Waals surface area contributed by atoms with Crippen LogP contribution in [0.2, 0.25) is 0 Å². The molecule has 0 aliphatic rings. The summed E-state index contributed by atoms with van der Waals surface area (Å²) in [5, 5.41) is 0. The summed E-state index contributed by atoms with van der Waals surface area (Å²) in [4.78, 5) is 21.6. The van der Waals surface area contributed by atoms with E-state index in [2.05, 4.69) is 16.4 Å². The smallest absolute Gasteiger partial charge is 0.463 e. The lowest BCUT2D eigenvalue weighted by atomic mass is 10.3. The molecule has 0 rings (SSSR count). The van der Waals surface area contributed by atoms with Crippen LogP contribution in [0.4, 0.5) is 4.79 Å². The Morgan fingerprint density at radius 1 is 1.00 bits per heavy atom. The molecule has 0 saturated carbocycles. The molecule has 0 amide bonds. The lowest BCUT2D eigenvalue weighted by Gasteiger charge is -2.05. The van der Waals surface area contributed by atoms with Crippen molar-refractivity contribution in [3.05, 3.63) is 0 Å². The monoisotopic (exact) mass is 218 g/mol. The zero-order chi connectivity index (χ0) is 11.5. The number of ether oxygens (including phenoxy) is 3. The van der Waals surface area contributed by atoms with Gasteiger partial charge in [0.05, 0.1) is 13.2 Å². The molecular formula is C10H18O5. The Bertz CT molecular complexity index is 190. The minimum atomic E-state index is -0.820. The van der Waals surface area contributed by atoms with Crippen LogP contribution in [0.25, 0.3) is 0 Å². The van der Waals surface area contributed by atoms with Crippen molar-refractivity contribution in [2.75, 3.05) is 19.8 Å². The first-order valence-electron chi connectivity index (χ1n) is 5.15. The van der Waals surface area contributed by atoms with E-state index in [0.29, 0.717) is 6.61 Å². The molecule has 0 unspecified atom stereocenters. The van der Waals surface area contributed by atoms with Gasteiger partial charge in [-0.05, 0) is 13.3 Å². The summed E-state index contributed by atoms with van der Waals surface area (Å²) >= 11 is 0. The lowest BCUT2D eigenvalue weighted by Crippen LogP contribution is -2.17. The van der Waals surface area contributed by atoms with E-state index in [1.165, 1.54) is 0 Å². The number of carbonyl (C=O) groups excluding carboxylic acids is 2. The van der Waals surface area contributed by atoms with Gasteiger partial charge in [0.15, 0.2) is 6.61 Å². The Labute approximate surface area is 89.7 Å². The Morgan fingerprint density at radius 2 is 1.73 bits per heavy atom. The molecule has 0 bridgehead atoms. The minimum Gasteiger partial charge on any atom is -0.463 e. The molecule has 0 heterocycles. The van der Waals surface area contributed by atoms with Gasteiger partial charge in [0.25, 0.3) is 0 Å². The van der Waals surface area contributed by atoms with E-state index in [9.17, 15) is 9.59 Å². The standard InChI is InChI=1S/C10H18O5/c1-3-5-6-7-14-10(12)15-8-9(11)13-4-2/h3-8H2,1-2H3. The molecule has 0 N–H and O–H groups in total. The van der Waals surface area contributed by atoms with Crippen LogP contribution in [0.3, 0.4) is 0 Å². The summed E-state index contributed by atoms with van der Waals surface area (Å²) in [6.07, 6.45) is 2.05. The normalized spacial score (nSPS) is 9.47. The molecule has 0 spiro atoms. The molecule has 88 valence electrons. The average Bonchev–Trinajstić information content (AvgIpc) is 2.22. The molecule has 0 radical (unpaired) electrons. The highest BCUT2D eigenvalue weighted by Crippen LogP contribution is 1.95. The SMILES string of the molecule is CCCCCOC(=O)OCC(=O)OCC. The molecule has 0 saturated heterocycles. The number of rotatable bonds is 7. The molecule has 15 heavy (non-hydrogen) atoms. The maximum Gasteiger partial charge on any atom is 0.508 e. The second-order valence-electron chi connectivity index (χ2n) is 2.90. The number of carbonyl (C=O) groups is 2. The third-order valence-electron chi connectivity index (χ3n) is 1.58. The van der Waals surface area contributed by atoms with Crippen molar-refractivity contribution in [2.45, 2.75) is 33.1 Å². The largest absolute Gasteiger partial charge is 0.508 e. The fraction of sp³-hybridized carbons (Fsp3) is 0.800. The van der Waals surface area contributed by atoms with Crippen LogP contribution in [0.15, 0.2) is 0 Å². The van der Waals surface area contributed by atoms with Crippen molar-refractivity contribution >= 4 is 12.1 Å². The van der Waals surface area contributed by atoms with Crippen molar-refractivity contribution in [3.63, 3.8) is 0 Å². The third kappa shape index (κ3) is 9.05. The van der Waals surface area contributed by atoms with E-state index < -0.39 is 12.1 Å². The molecule has 0 aromatic heterocycles. The molecule has 0 fully saturated rings. The zero-order valence-corrected chi connectivity index (χ0v) is 9.28. The van der Waals surface area contributed by atoms with Crippen LogP contribution in [0, 0.1) is 0 Å². The third-order valence-corrected chi connectivity index (χ3v) is 1.58. The van der Waals surface area contributed by atoms with Crippen LogP contribution < -0.4 is 0 Å². The molecule has 5 nitrogen and oxygen atoms in total. The molecular weight excluding hydrogens is 200 g/mol. The maximum absolute atomic E-state index is 10.9. The van der Waals surface area contributed by atoms with Crippen LogP contribution in [0.5, 0.6) is 0 Å². The maximum atomic E-state index is 10.9. The van der Waals surface area contributed by atoms with E-state index in [4.69, 9.17) is 4.74 Å². The molecule has 0 aromatic carbocycles. The first-order chi connectivity index (χ1) is 7.20. The van der Waals surface area contributed by atoms with Gasteiger partial charge in [-0.15, -0.1) is 0 Å². The molecule has 0 aliphatic carbocycles. The number of unbranched alkanes of at least 4 members (excludes halogenated alkanes) is 2. The fourth-order valence-corrected chi connectivity index (χ4v) is 0.870. The number of hydrogen-bond acceptors (Lipinski definition) is 5. The van der Waals surface area contributed by atoms with Crippen molar-refractivity contribution < 1.29 is 23.8 Å². The van der Waals surface area contributed by atoms with Crippen LogP contribution >= 0.6 is 0 Å². The van der Waals surface area contributed by atoms with E-state index >= 15 is 0 Å². The first kappa shape index (κ1) is 13.7. The number of esters is 1. The van der Waals surface area contributed by atoms with Gasteiger partial charge in [0, 0.05) is 0 Å². The fourth-order valence-electron chi connectivity index (χ4n) is 0.870. The summed E-state index contributed by atoms with van der Waals surface area (Å²) in [6.45, 7) is 3.95. The topological polar surface area (TPSA) is 61.8 Å². The van der Waals surface area contributed by atoms with Crippen molar-refractivity contribution in [2.24, 2.45) is 0 Å². The van der Waals surface area contributed by atoms with Crippen LogP contribution in [-0.4, -0.2) is 31.9 Å². The van der Waals surface area contributed by atoms with Crippen molar-refractivity contribution in [1.29, 1.82) is 0 Å². The number of hydrogen-bond donors (Lipinski definition) is 0. The summed E-state index contributed by atoms with van der Waals surface area (Å²) in [5.41, 5.74) is 0. The molecule has 0 aromatic rings. The van der Waals surface area contributed by atoms with Gasteiger partial charge in [0.1, 0.15) is 0 Å². The summed E-state index contributed by atoms with van der Waals surface area (Å²) < 4.78 is 13.8. The second-order valence-corrected chi connectivity index (χ2v) is 2.90. The molecule has 0 atom stereocenters. The minimum absolute atomic E-state index is 0.272. The van der Waals surface area contributed by atoms with Gasteiger partial charge < -0.3 is 14.2 Å². The van der Waals surface area contributed by atoms with Crippen molar-refractivity contribution in [1.82, 2.24) is 0 Å². The van der Waals surface area contributed by atoms with Gasteiger partial charge >= 0.3 is 12.1 Å². The highest BCUT2D eigenvalue weighted by molar-refractivity contribution is 5.73. The van der Waals surface area contributed by atoms with Gasteiger partial charge in [0.2, 0.25) is 0 Å². The Morgan fingerprint density at radius 3 is 2.33 bits per heavy atom. The summed E-state index contributed by atoms with van der Waals surface area (Å²) in [6, 6.07) is 0.